The summed E-state index contributed by atoms with van der Waals surface area (Å²) in [5.74, 6) is 1.78. The van der Waals surface area contributed by atoms with E-state index in [1.54, 1.807) is 19.4 Å². The lowest BCUT2D eigenvalue weighted by molar-refractivity contribution is 0.294. The van der Waals surface area contributed by atoms with E-state index in [4.69, 9.17) is 9.47 Å². The van der Waals surface area contributed by atoms with Crippen molar-refractivity contribution in [1.82, 2.24) is 15.0 Å². The molecule has 7 heteroatoms. The molecule has 0 radical (unpaired) electrons. The van der Waals surface area contributed by atoms with Gasteiger partial charge in [-0.05, 0) is 52.2 Å². The highest BCUT2D eigenvalue weighted by Gasteiger charge is 2.11. The van der Waals surface area contributed by atoms with Gasteiger partial charge in [-0.3, -0.25) is 0 Å². The molecule has 0 saturated heterocycles. The van der Waals surface area contributed by atoms with Crippen LogP contribution in [0, 0.1) is 11.3 Å². The van der Waals surface area contributed by atoms with Crippen LogP contribution in [0.4, 0.5) is 0 Å². The van der Waals surface area contributed by atoms with E-state index in [1.165, 1.54) is 0 Å². The Morgan fingerprint density at radius 3 is 2.92 bits per heavy atom. The van der Waals surface area contributed by atoms with E-state index in [0.29, 0.717) is 35.2 Å². The SMILES string of the molecule is CCCOc1ccc(/C=C(\C#N)c2nc3ncc(Br)cc3[nH]2)cc1OC. The zero-order valence-corrected chi connectivity index (χ0v) is 16.0. The minimum absolute atomic E-state index is 0.406. The quantitative estimate of drug-likeness (QED) is 0.598. The van der Waals surface area contributed by atoms with E-state index in [9.17, 15) is 5.26 Å². The number of rotatable bonds is 6. The van der Waals surface area contributed by atoms with Crippen LogP contribution in [0.25, 0.3) is 22.8 Å². The molecule has 0 aliphatic carbocycles. The number of pyridine rings is 1. The number of hydrogen-bond donors (Lipinski definition) is 1. The molecule has 2 heterocycles. The molecular weight excluding hydrogens is 396 g/mol. The van der Waals surface area contributed by atoms with Crippen LogP contribution >= 0.6 is 15.9 Å². The monoisotopic (exact) mass is 412 g/mol. The molecule has 0 unspecified atom stereocenters. The first-order valence-corrected chi connectivity index (χ1v) is 8.88. The molecule has 26 heavy (non-hydrogen) atoms. The number of aromatic amines is 1. The van der Waals surface area contributed by atoms with Crippen molar-refractivity contribution in [1.29, 1.82) is 5.26 Å². The highest BCUT2D eigenvalue weighted by Crippen LogP contribution is 2.30. The normalized spacial score (nSPS) is 11.4. The topological polar surface area (TPSA) is 83.8 Å². The number of imidazole rings is 1. The maximum atomic E-state index is 9.55. The molecule has 2 aromatic heterocycles. The van der Waals surface area contributed by atoms with Gasteiger partial charge in [0.1, 0.15) is 6.07 Å². The zero-order valence-electron chi connectivity index (χ0n) is 14.4. The Balaban J connectivity index is 1.96. The molecule has 0 spiro atoms. The molecule has 1 N–H and O–H groups in total. The van der Waals surface area contributed by atoms with Gasteiger partial charge in [0, 0.05) is 10.7 Å². The lowest BCUT2D eigenvalue weighted by atomic mass is 10.1. The highest BCUT2D eigenvalue weighted by molar-refractivity contribution is 9.10. The van der Waals surface area contributed by atoms with Gasteiger partial charge >= 0.3 is 0 Å². The Kier molecular flexibility index (Phi) is 5.54. The van der Waals surface area contributed by atoms with Gasteiger partial charge < -0.3 is 14.5 Å². The summed E-state index contributed by atoms with van der Waals surface area (Å²) in [5.41, 5.74) is 2.54. The fourth-order valence-electron chi connectivity index (χ4n) is 2.43. The summed E-state index contributed by atoms with van der Waals surface area (Å²) in [6, 6.07) is 9.61. The minimum atomic E-state index is 0.406. The number of hydrogen-bond acceptors (Lipinski definition) is 5. The van der Waals surface area contributed by atoms with Crippen molar-refractivity contribution in [2.24, 2.45) is 0 Å². The minimum Gasteiger partial charge on any atom is -0.493 e. The molecule has 3 rings (SSSR count). The first-order chi connectivity index (χ1) is 12.6. The van der Waals surface area contributed by atoms with Gasteiger partial charge in [0.05, 0.1) is 24.8 Å². The number of aromatic nitrogens is 3. The summed E-state index contributed by atoms with van der Waals surface area (Å²) in [7, 11) is 1.59. The molecule has 6 nitrogen and oxygen atoms in total. The molecule has 0 atom stereocenters. The van der Waals surface area contributed by atoms with Crippen molar-refractivity contribution in [3.63, 3.8) is 0 Å². The zero-order chi connectivity index (χ0) is 18.5. The predicted molar refractivity (Wildman–Crippen MR) is 104 cm³/mol. The Hall–Kier alpha value is -2.85. The molecule has 0 amide bonds. The van der Waals surface area contributed by atoms with Crippen molar-refractivity contribution < 1.29 is 9.47 Å². The van der Waals surface area contributed by atoms with Gasteiger partial charge in [0.15, 0.2) is 23.0 Å². The van der Waals surface area contributed by atoms with Crippen molar-refractivity contribution in [3.8, 4) is 17.6 Å². The van der Waals surface area contributed by atoms with Gasteiger partial charge in [0.25, 0.3) is 0 Å². The highest BCUT2D eigenvalue weighted by atomic mass is 79.9. The van der Waals surface area contributed by atoms with Crippen LogP contribution in [0.3, 0.4) is 0 Å². The molecule has 0 bridgehead atoms. The second kappa shape index (κ2) is 8.02. The summed E-state index contributed by atoms with van der Waals surface area (Å²) < 4.78 is 11.9. The fourth-order valence-corrected chi connectivity index (χ4v) is 2.76. The third-order valence-electron chi connectivity index (χ3n) is 3.64. The third kappa shape index (κ3) is 3.86. The van der Waals surface area contributed by atoms with Gasteiger partial charge in [-0.25, -0.2) is 9.97 Å². The van der Waals surface area contributed by atoms with Crippen LogP contribution in [0.5, 0.6) is 11.5 Å². The average Bonchev–Trinajstić information content (AvgIpc) is 3.07. The maximum Gasteiger partial charge on any atom is 0.178 e. The number of nitriles is 1. The number of halogens is 1. The summed E-state index contributed by atoms with van der Waals surface area (Å²) in [6.45, 7) is 2.67. The largest absolute Gasteiger partial charge is 0.493 e. The Morgan fingerprint density at radius 2 is 2.19 bits per heavy atom. The van der Waals surface area contributed by atoms with Crippen molar-refractivity contribution in [3.05, 3.63) is 46.3 Å². The summed E-state index contributed by atoms with van der Waals surface area (Å²) in [6.07, 6.45) is 4.33. The van der Waals surface area contributed by atoms with E-state index in [0.717, 1.165) is 22.0 Å². The second-order valence-corrected chi connectivity index (χ2v) is 6.45. The van der Waals surface area contributed by atoms with Gasteiger partial charge in [-0.1, -0.05) is 13.0 Å². The van der Waals surface area contributed by atoms with Crippen LogP contribution in [0.15, 0.2) is 34.9 Å². The number of H-pyrrole nitrogens is 1. The molecule has 1 aromatic carbocycles. The van der Waals surface area contributed by atoms with Gasteiger partial charge in [0.2, 0.25) is 0 Å². The smallest absolute Gasteiger partial charge is 0.178 e. The van der Waals surface area contributed by atoms with Crippen LogP contribution in [-0.4, -0.2) is 28.7 Å². The van der Waals surface area contributed by atoms with Gasteiger partial charge in [-0.15, -0.1) is 0 Å². The molecule has 132 valence electrons. The molecule has 3 aromatic rings. The number of nitrogens with zero attached hydrogens (tertiary/aromatic N) is 3. The number of ether oxygens (including phenoxy) is 2. The molecule has 0 saturated carbocycles. The summed E-state index contributed by atoms with van der Waals surface area (Å²) >= 11 is 3.37. The molecular formula is C19H17BrN4O2. The Bertz CT molecular complexity index is 1000. The van der Waals surface area contributed by atoms with E-state index in [2.05, 4.69) is 37.0 Å². The van der Waals surface area contributed by atoms with Crippen molar-refractivity contribution >= 4 is 38.7 Å². The first kappa shape index (κ1) is 18.0. The van der Waals surface area contributed by atoms with Crippen molar-refractivity contribution in [2.75, 3.05) is 13.7 Å². The van der Waals surface area contributed by atoms with E-state index in [-0.39, 0.29) is 0 Å². The number of benzene rings is 1. The number of fused-ring (bicyclic) bond motifs is 1. The number of nitrogens with one attached hydrogen (secondary N) is 1. The lowest BCUT2D eigenvalue weighted by Crippen LogP contribution is -1.98. The van der Waals surface area contributed by atoms with E-state index < -0.39 is 0 Å². The maximum absolute atomic E-state index is 9.55. The van der Waals surface area contributed by atoms with Crippen LogP contribution in [0.2, 0.25) is 0 Å². The van der Waals surface area contributed by atoms with Crippen LogP contribution in [-0.2, 0) is 0 Å². The standard InChI is InChI=1S/C19H17BrN4O2/c1-3-6-26-16-5-4-12(8-17(16)25-2)7-13(10-21)18-23-15-9-14(20)11-22-19(15)24-18/h4-5,7-9,11H,3,6H2,1-2H3,(H,22,23,24)/b13-7+. The van der Waals surface area contributed by atoms with Crippen LogP contribution in [0.1, 0.15) is 24.7 Å². The van der Waals surface area contributed by atoms with E-state index >= 15 is 0 Å². The molecule has 0 aliphatic rings. The average molecular weight is 413 g/mol. The van der Waals surface area contributed by atoms with E-state index in [1.807, 2.05) is 31.2 Å². The lowest BCUT2D eigenvalue weighted by Gasteiger charge is -2.10. The number of methoxy groups -OCH3 is 1. The Morgan fingerprint density at radius 1 is 1.35 bits per heavy atom. The second-order valence-electron chi connectivity index (χ2n) is 5.54. The summed E-state index contributed by atoms with van der Waals surface area (Å²) in [5, 5.41) is 9.55. The Labute approximate surface area is 159 Å². The van der Waals surface area contributed by atoms with Gasteiger partial charge in [-0.2, -0.15) is 5.26 Å². The molecule has 0 fully saturated rings. The molecule has 0 aliphatic heterocycles. The third-order valence-corrected chi connectivity index (χ3v) is 4.07. The first-order valence-electron chi connectivity index (χ1n) is 8.09. The summed E-state index contributed by atoms with van der Waals surface area (Å²) in [4.78, 5) is 11.7. The van der Waals surface area contributed by atoms with Crippen molar-refractivity contribution in [2.45, 2.75) is 13.3 Å². The number of allylic oxidation sites excluding steroid dienone is 1. The fraction of sp³-hybridized carbons (Fsp3) is 0.211. The van der Waals surface area contributed by atoms with Crippen LogP contribution < -0.4 is 9.47 Å². The predicted octanol–water partition coefficient (Wildman–Crippen LogP) is 4.58.